The van der Waals surface area contributed by atoms with Crippen LogP contribution in [0.25, 0.3) is 93.4 Å². The van der Waals surface area contributed by atoms with E-state index in [4.69, 9.17) is 9.97 Å². The maximum atomic E-state index is 5.26. The number of nitrogens with zero attached hydrogens (tertiary/aromatic N) is 3. The van der Waals surface area contributed by atoms with E-state index < -0.39 is 0 Å². The van der Waals surface area contributed by atoms with Crippen LogP contribution in [-0.2, 0) is 0 Å². The molecule has 2 heterocycles. The first-order chi connectivity index (χ1) is 23.3. The van der Waals surface area contributed by atoms with Gasteiger partial charge in [-0.2, -0.15) is 0 Å². The van der Waals surface area contributed by atoms with Crippen LogP contribution in [0.3, 0.4) is 0 Å². The Labute approximate surface area is 271 Å². The summed E-state index contributed by atoms with van der Waals surface area (Å²) in [7, 11) is 0. The second-order valence-corrected chi connectivity index (χ2v) is 12.2. The minimum atomic E-state index is 0.886. The van der Waals surface area contributed by atoms with Gasteiger partial charge >= 0.3 is 0 Å². The Morgan fingerprint density at radius 3 is 1.51 bits per heavy atom. The number of hydrogen-bond donors (Lipinski definition) is 0. The van der Waals surface area contributed by atoms with Crippen LogP contribution in [-0.4, -0.2) is 14.5 Å². The molecule has 0 spiro atoms. The zero-order valence-electron chi connectivity index (χ0n) is 25.4. The second-order valence-electron chi connectivity index (χ2n) is 12.2. The Morgan fingerprint density at radius 2 is 0.872 bits per heavy atom. The number of rotatable bonds is 3. The second kappa shape index (κ2) is 10.1. The van der Waals surface area contributed by atoms with Crippen LogP contribution in [0.2, 0.25) is 0 Å². The van der Waals surface area contributed by atoms with E-state index in [1.165, 1.54) is 48.7 Å². The van der Waals surface area contributed by atoms with Crippen LogP contribution in [0.15, 0.2) is 164 Å². The zero-order chi connectivity index (χ0) is 30.9. The third-order valence-corrected chi connectivity index (χ3v) is 9.56. The molecule has 0 saturated heterocycles. The van der Waals surface area contributed by atoms with Gasteiger partial charge in [0.25, 0.3) is 0 Å². The fourth-order valence-corrected chi connectivity index (χ4v) is 7.48. The topological polar surface area (TPSA) is 30.7 Å². The van der Waals surface area contributed by atoms with Crippen molar-refractivity contribution in [2.45, 2.75) is 0 Å². The summed E-state index contributed by atoms with van der Waals surface area (Å²) in [6.45, 7) is 0. The lowest BCUT2D eigenvalue weighted by atomic mass is 9.96. The van der Waals surface area contributed by atoms with E-state index in [1.807, 2.05) is 30.3 Å². The first-order valence-corrected chi connectivity index (χ1v) is 16.0. The van der Waals surface area contributed by atoms with Gasteiger partial charge in [-0.15, -0.1) is 0 Å². The highest BCUT2D eigenvalue weighted by Gasteiger charge is 2.21. The van der Waals surface area contributed by atoms with Crippen LogP contribution in [0.1, 0.15) is 0 Å². The number of benzene rings is 8. The summed E-state index contributed by atoms with van der Waals surface area (Å²) in [4.78, 5) is 10.4. The lowest BCUT2D eigenvalue weighted by molar-refractivity contribution is 1.20. The Balaban J connectivity index is 1.32. The van der Waals surface area contributed by atoms with E-state index in [9.17, 15) is 0 Å². The van der Waals surface area contributed by atoms with Crippen molar-refractivity contribution in [3.8, 4) is 28.2 Å². The van der Waals surface area contributed by atoms with Crippen LogP contribution in [0.5, 0.6) is 0 Å². The van der Waals surface area contributed by atoms with Crippen molar-refractivity contribution in [1.82, 2.24) is 14.5 Å². The summed E-state index contributed by atoms with van der Waals surface area (Å²) >= 11 is 0. The molecule has 0 bridgehead atoms. The lowest BCUT2D eigenvalue weighted by Gasteiger charge is -2.16. The molecule has 3 nitrogen and oxygen atoms in total. The summed E-state index contributed by atoms with van der Waals surface area (Å²) in [5.41, 5.74) is 9.20. The van der Waals surface area contributed by atoms with Crippen molar-refractivity contribution >= 4 is 65.2 Å². The van der Waals surface area contributed by atoms with E-state index in [2.05, 4.69) is 138 Å². The molecule has 0 N–H and O–H groups in total. The fraction of sp³-hybridized carbons (Fsp3) is 0. The quantitative estimate of drug-likeness (QED) is 0.203. The van der Waals surface area contributed by atoms with Crippen molar-refractivity contribution in [3.05, 3.63) is 164 Å². The van der Waals surface area contributed by atoms with Gasteiger partial charge in [-0.25, -0.2) is 9.97 Å². The highest BCUT2D eigenvalue weighted by Crippen LogP contribution is 2.43. The molecule has 3 heteroatoms. The average Bonchev–Trinajstić information content (AvgIpc) is 3.49. The van der Waals surface area contributed by atoms with Gasteiger partial charge in [0.2, 0.25) is 0 Å². The molecule has 0 atom stereocenters. The van der Waals surface area contributed by atoms with Gasteiger partial charge in [-0.1, -0.05) is 127 Å². The molecule has 218 valence electrons. The Kier molecular flexibility index (Phi) is 5.57. The molecule has 8 aromatic carbocycles. The normalized spacial score (nSPS) is 11.8. The molecule has 0 saturated carbocycles. The number of aromatic nitrogens is 3. The predicted octanol–water partition coefficient (Wildman–Crippen LogP) is 11.5. The van der Waals surface area contributed by atoms with Crippen LogP contribution in [0.4, 0.5) is 0 Å². The van der Waals surface area contributed by atoms with Crippen LogP contribution in [0, 0.1) is 0 Å². The van der Waals surface area contributed by atoms with Crippen LogP contribution < -0.4 is 0 Å². The molecular formula is C44H27N3. The van der Waals surface area contributed by atoms with Gasteiger partial charge in [-0.05, 0) is 63.3 Å². The predicted molar refractivity (Wildman–Crippen MR) is 197 cm³/mol. The van der Waals surface area contributed by atoms with Crippen molar-refractivity contribution in [3.63, 3.8) is 0 Å². The minimum absolute atomic E-state index is 0.886. The van der Waals surface area contributed by atoms with Gasteiger partial charge in [0, 0.05) is 27.3 Å². The smallest absolute Gasteiger partial charge is 0.0979 e. The number of fused-ring (bicyclic) bond motifs is 9. The fourth-order valence-electron chi connectivity index (χ4n) is 7.48. The largest absolute Gasteiger partial charge is 0.309 e. The Hall–Kier alpha value is -6.32. The standard InChI is InChI=1S/C44H27N3/c1-2-14-30(15-3-1)43-44(46-37-21-11-10-20-36(37)45-43)35-24-27-38(34-19-9-8-18-33(34)35)47-39-25-22-28-12-4-6-16-31(28)41(39)42-32-17-7-5-13-29(32)23-26-40(42)47/h1-27H. The monoisotopic (exact) mass is 597 g/mol. The number of para-hydroxylation sites is 2. The van der Waals surface area contributed by atoms with E-state index in [-0.39, 0.29) is 0 Å². The highest BCUT2D eigenvalue weighted by atomic mass is 15.0. The molecule has 0 aliphatic rings. The van der Waals surface area contributed by atoms with Gasteiger partial charge in [0.1, 0.15) is 0 Å². The molecule has 0 unspecified atom stereocenters. The van der Waals surface area contributed by atoms with Crippen molar-refractivity contribution in [1.29, 1.82) is 0 Å². The molecule has 10 rings (SSSR count). The van der Waals surface area contributed by atoms with Crippen molar-refractivity contribution in [2.75, 3.05) is 0 Å². The SMILES string of the molecule is c1ccc(-c2nc3ccccc3nc2-c2ccc(-n3c4ccc5ccccc5c4c4c5ccccc5ccc43)c3ccccc23)cc1. The first kappa shape index (κ1) is 26.0. The zero-order valence-corrected chi connectivity index (χ0v) is 25.4. The lowest BCUT2D eigenvalue weighted by Crippen LogP contribution is -1.99. The van der Waals surface area contributed by atoms with E-state index in [0.717, 1.165) is 44.6 Å². The van der Waals surface area contributed by atoms with Crippen molar-refractivity contribution < 1.29 is 0 Å². The molecule has 10 aromatic rings. The number of hydrogen-bond acceptors (Lipinski definition) is 2. The highest BCUT2D eigenvalue weighted by molar-refractivity contribution is 6.29. The van der Waals surface area contributed by atoms with E-state index >= 15 is 0 Å². The Morgan fingerprint density at radius 1 is 0.362 bits per heavy atom. The first-order valence-electron chi connectivity index (χ1n) is 16.0. The minimum Gasteiger partial charge on any atom is -0.309 e. The van der Waals surface area contributed by atoms with Crippen LogP contribution >= 0.6 is 0 Å². The molecule has 0 amide bonds. The summed E-state index contributed by atoms with van der Waals surface area (Å²) in [5, 5.41) is 9.91. The Bertz CT molecular complexity index is 2750. The van der Waals surface area contributed by atoms with Gasteiger partial charge < -0.3 is 4.57 Å². The summed E-state index contributed by atoms with van der Waals surface area (Å²) in [5.74, 6) is 0. The molecule has 47 heavy (non-hydrogen) atoms. The van der Waals surface area contributed by atoms with Crippen molar-refractivity contribution in [2.24, 2.45) is 0 Å². The molecule has 2 aromatic heterocycles. The van der Waals surface area contributed by atoms with E-state index in [0.29, 0.717) is 0 Å². The molecular weight excluding hydrogens is 571 g/mol. The van der Waals surface area contributed by atoms with Gasteiger partial charge in [0.15, 0.2) is 0 Å². The third kappa shape index (κ3) is 3.87. The third-order valence-electron chi connectivity index (χ3n) is 9.56. The molecule has 0 fully saturated rings. The molecule has 0 aliphatic carbocycles. The summed E-state index contributed by atoms with van der Waals surface area (Å²) in [6, 6.07) is 58.3. The summed E-state index contributed by atoms with van der Waals surface area (Å²) < 4.78 is 2.46. The average molecular weight is 598 g/mol. The summed E-state index contributed by atoms with van der Waals surface area (Å²) in [6.07, 6.45) is 0. The van der Waals surface area contributed by atoms with Gasteiger partial charge in [-0.3, -0.25) is 0 Å². The molecule has 0 aliphatic heterocycles. The maximum absolute atomic E-state index is 5.26. The van der Waals surface area contributed by atoms with E-state index in [1.54, 1.807) is 0 Å². The molecule has 0 radical (unpaired) electrons. The maximum Gasteiger partial charge on any atom is 0.0979 e. The van der Waals surface area contributed by atoms with Gasteiger partial charge in [0.05, 0.1) is 39.1 Å².